The Balaban J connectivity index is 1.72. The van der Waals surface area contributed by atoms with Crippen molar-refractivity contribution in [3.8, 4) is 0 Å². The summed E-state index contributed by atoms with van der Waals surface area (Å²) in [5.41, 5.74) is 3.89. The molecule has 0 N–H and O–H groups in total. The van der Waals surface area contributed by atoms with Crippen LogP contribution in [0.1, 0.15) is 16.7 Å². The molecule has 0 radical (unpaired) electrons. The molecule has 8 heteroatoms. The molecule has 2 unspecified atom stereocenters. The van der Waals surface area contributed by atoms with Gasteiger partial charge < -0.3 is 4.90 Å². The zero-order valence-corrected chi connectivity index (χ0v) is 19.4. The van der Waals surface area contributed by atoms with Crippen LogP contribution in [0.3, 0.4) is 0 Å². The average molecular weight is 493 g/mol. The number of hydrogen-bond donors (Lipinski definition) is 0. The minimum Gasteiger partial charge on any atom is -0.315 e. The van der Waals surface area contributed by atoms with Gasteiger partial charge in [0.2, 0.25) is 0 Å². The van der Waals surface area contributed by atoms with Gasteiger partial charge >= 0.3 is 0 Å². The van der Waals surface area contributed by atoms with Crippen LogP contribution in [-0.2, 0) is 21.1 Å². The first-order chi connectivity index (χ1) is 13.7. The van der Waals surface area contributed by atoms with Gasteiger partial charge in [-0.05, 0) is 42.7 Å². The van der Waals surface area contributed by atoms with Crippen molar-refractivity contribution in [2.24, 2.45) is 4.99 Å². The summed E-state index contributed by atoms with van der Waals surface area (Å²) in [6.07, 6.45) is 0.227. The van der Waals surface area contributed by atoms with E-state index in [0.29, 0.717) is 5.17 Å². The first kappa shape index (κ1) is 20.6. The summed E-state index contributed by atoms with van der Waals surface area (Å²) in [6.45, 7) is 4.00. The smallest absolute Gasteiger partial charge is 0.252 e. The molecule has 152 valence electrons. The lowest BCUT2D eigenvalue weighted by atomic mass is 10.1. The quantitative estimate of drug-likeness (QED) is 0.649. The van der Waals surface area contributed by atoms with Crippen molar-refractivity contribution in [2.75, 3.05) is 16.4 Å². The Morgan fingerprint density at radius 1 is 1.17 bits per heavy atom. The Hall–Kier alpha value is -1.64. The van der Waals surface area contributed by atoms with Crippen LogP contribution >= 0.6 is 27.7 Å². The Morgan fingerprint density at radius 2 is 1.83 bits per heavy atom. The highest BCUT2D eigenvalue weighted by Crippen LogP contribution is 2.43. The van der Waals surface area contributed by atoms with E-state index < -0.39 is 9.84 Å². The van der Waals surface area contributed by atoms with Gasteiger partial charge in [-0.2, -0.15) is 4.99 Å². The lowest BCUT2D eigenvalue weighted by Crippen LogP contribution is -2.38. The highest BCUT2D eigenvalue weighted by Gasteiger charge is 2.50. The van der Waals surface area contributed by atoms with Crippen LogP contribution in [0, 0.1) is 13.8 Å². The second-order valence-electron chi connectivity index (χ2n) is 7.51. The maximum Gasteiger partial charge on any atom is 0.252 e. The number of anilines is 1. The molecule has 2 atom stereocenters. The molecular weight excluding hydrogens is 472 g/mol. The van der Waals surface area contributed by atoms with Gasteiger partial charge in [-0.1, -0.05) is 58.0 Å². The van der Waals surface area contributed by atoms with Crippen LogP contribution < -0.4 is 4.90 Å². The number of rotatable bonds is 3. The van der Waals surface area contributed by atoms with E-state index in [1.54, 1.807) is 0 Å². The summed E-state index contributed by atoms with van der Waals surface area (Å²) in [5, 5.41) is 0.495. The molecule has 0 saturated carbocycles. The second kappa shape index (κ2) is 7.89. The fraction of sp³-hybridized carbons (Fsp3) is 0.333. The SMILES string of the molecule is Cc1cc(Br)cc(C)c1N1C(=NC(=O)Cc2ccccc2)SC2CS(=O)(=O)CC21. The van der Waals surface area contributed by atoms with Crippen molar-refractivity contribution in [1.29, 1.82) is 0 Å². The Morgan fingerprint density at radius 3 is 2.48 bits per heavy atom. The Labute approximate surface area is 183 Å². The van der Waals surface area contributed by atoms with Crippen LogP contribution in [0.15, 0.2) is 51.9 Å². The summed E-state index contributed by atoms with van der Waals surface area (Å²) in [4.78, 5) is 19.1. The third-order valence-electron chi connectivity index (χ3n) is 5.18. The number of thioether (sulfide) groups is 1. The van der Waals surface area contributed by atoms with E-state index in [9.17, 15) is 13.2 Å². The van der Waals surface area contributed by atoms with Gasteiger partial charge in [0.05, 0.1) is 24.0 Å². The number of halogens is 1. The van der Waals surface area contributed by atoms with Crippen molar-refractivity contribution in [3.05, 3.63) is 63.6 Å². The van der Waals surface area contributed by atoms with E-state index in [1.807, 2.05) is 61.2 Å². The molecule has 2 heterocycles. The lowest BCUT2D eigenvalue weighted by Gasteiger charge is -2.28. The van der Waals surface area contributed by atoms with Crippen molar-refractivity contribution >= 4 is 54.3 Å². The number of sulfone groups is 1. The van der Waals surface area contributed by atoms with Gasteiger partial charge in [0, 0.05) is 15.4 Å². The number of hydrogen-bond acceptors (Lipinski definition) is 4. The molecule has 4 rings (SSSR count). The van der Waals surface area contributed by atoms with E-state index in [0.717, 1.165) is 26.9 Å². The van der Waals surface area contributed by atoms with Gasteiger partial charge in [-0.15, -0.1) is 0 Å². The van der Waals surface area contributed by atoms with Crippen LogP contribution in [-0.4, -0.2) is 42.3 Å². The Kier molecular flexibility index (Phi) is 5.61. The van der Waals surface area contributed by atoms with E-state index in [-0.39, 0.29) is 35.1 Å². The fourth-order valence-corrected chi connectivity index (χ4v) is 8.63. The molecule has 0 aliphatic carbocycles. The number of fused-ring (bicyclic) bond motifs is 1. The number of carbonyl (C=O) groups excluding carboxylic acids is 1. The molecule has 0 bridgehead atoms. The molecule has 5 nitrogen and oxygen atoms in total. The third kappa shape index (κ3) is 4.29. The molecule has 2 aromatic rings. The minimum absolute atomic E-state index is 0.0888. The molecule has 0 spiro atoms. The first-order valence-corrected chi connectivity index (χ1v) is 12.8. The van der Waals surface area contributed by atoms with Gasteiger partial charge in [-0.3, -0.25) is 4.79 Å². The van der Waals surface area contributed by atoms with Crippen LogP contribution in [0.5, 0.6) is 0 Å². The monoisotopic (exact) mass is 492 g/mol. The van der Waals surface area contributed by atoms with E-state index in [2.05, 4.69) is 20.9 Å². The highest BCUT2D eigenvalue weighted by atomic mass is 79.9. The van der Waals surface area contributed by atoms with E-state index in [4.69, 9.17) is 0 Å². The molecule has 2 saturated heterocycles. The number of carbonyl (C=O) groups is 1. The molecular formula is C21H21BrN2O3S2. The number of aliphatic imine (C=N–C) groups is 1. The van der Waals surface area contributed by atoms with E-state index in [1.165, 1.54) is 11.8 Å². The molecule has 0 aromatic heterocycles. The summed E-state index contributed by atoms with van der Waals surface area (Å²) in [5.74, 6) is -0.0100. The maximum absolute atomic E-state index is 12.7. The van der Waals surface area contributed by atoms with Crippen molar-refractivity contribution in [1.82, 2.24) is 0 Å². The van der Waals surface area contributed by atoms with Gasteiger partial charge in [0.1, 0.15) is 0 Å². The largest absolute Gasteiger partial charge is 0.315 e. The molecule has 29 heavy (non-hydrogen) atoms. The van der Waals surface area contributed by atoms with Gasteiger partial charge in [0.15, 0.2) is 15.0 Å². The minimum atomic E-state index is -3.09. The number of nitrogens with zero attached hydrogens (tertiary/aromatic N) is 2. The zero-order valence-electron chi connectivity index (χ0n) is 16.1. The van der Waals surface area contributed by atoms with Crippen LogP contribution in [0.25, 0.3) is 0 Å². The zero-order chi connectivity index (χ0) is 20.8. The summed E-state index contributed by atoms with van der Waals surface area (Å²) >= 11 is 4.93. The van der Waals surface area contributed by atoms with Gasteiger partial charge in [0.25, 0.3) is 5.91 Å². The van der Waals surface area contributed by atoms with Crippen LogP contribution in [0.2, 0.25) is 0 Å². The number of amidine groups is 1. The topological polar surface area (TPSA) is 66.8 Å². The average Bonchev–Trinajstić information content (AvgIpc) is 3.07. The van der Waals surface area contributed by atoms with Gasteiger partial charge in [-0.25, -0.2) is 8.42 Å². The summed E-state index contributed by atoms with van der Waals surface area (Å²) in [6, 6.07) is 13.3. The third-order valence-corrected chi connectivity index (χ3v) is 8.85. The normalized spacial score (nSPS) is 24.1. The van der Waals surface area contributed by atoms with Crippen molar-refractivity contribution in [2.45, 2.75) is 31.6 Å². The maximum atomic E-state index is 12.7. The fourth-order valence-electron chi connectivity index (χ4n) is 4.03. The molecule has 1 amide bonds. The highest BCUT2D eigenvalue weighted by molar-refractivity contribution is 9.10. The first-order valence-electron chi connectivity index (χ1n) is 9.32. The lowest BCUT2D eigenvalue weighted by molar-refractivity contribution is -0.117. The number of aryl methyl sites for hydroxylation is 2. The standard InChI is InChI=1S/C21H21BrN2O3S2/c1-13-8-16(22)9-14(2)20(13)24-17-11-29(26,27)12-18(17)28-21(24)23-19(25)10-15-6-4-3-5-7-15/h3-9,17-18H,10-12H2,1-2H3. The number of benzene rings is 2. The number of amides is 1. The molecule has 2 aromatic carbocycles. The molecule has 2 fully saturated rings. The predicted octanol–water partition coefficient (Wildman–Crippen LogP) is 3.91. The second-order valence-corrected chi connectivity index (χ2v) is 11.8. The summed E-state index contributed by atoms with van der Waals surface area (Å²) < 4.78 is 25.5. The van der Waals surface area contributed by atoms with Crippen molar-refractivity contribution < 1.29 is 13.2 Å². The molecule has 2 aliphatic rings. The van der Waals surface area contributed by atoms with Crippen LogP contribution in [0.4, 0.5) is 5.69 Å². The molecule has 2 aliphatic heterocycles. The Bertz CT molecular complexity index is 1080. The predicted molar refractivity (Wildman–Crippen MR) is 123 cm³/mol. The van der Waals surface area contributed by atoms with E-state index >= 15 is 0 Å². The summed E-state index contributed by atoms with van der Waals surface area (Å²) in [7, 11) is -3.09. The van der Waals surface area contributed by atoms with Crippen molar-refractivity contribution in [3.63, 3.8) is 0 Å².